The van der Waals surface area contributed by atoms with Crippen LogP contribution in [0.15, 0.2) is 17.2 Å². The quantitative estimate of drug-likeness (QED) is 0.429. The third-order valence-corrected chi connectivity index (χ3v) is 3.59. The normalized spacial score (nSPS) is 15.1. The van der Waals surface area contributed by atoms with Crippen LogP contribution < -0.4 is 14.9 Å². The van der Waals surface area contributed by atoms with Crippen molar-refractivity contribution in [1.29, 1.82) is 0 Å². The Kier molecular flexibility index (Phi) is 6.66. The first kappa shape index (κ1) is 18.6. The molecule has 1 aliphatic heterocycles. The van der Waals surface area contributed by atoms with Crippen LogP contribution in [0.1, 0.15) is 5.56 Å². The number of hydrazone groups is 1. The summed E-state index contributed by atoms with van der Waals surface area (Å²) in [6.45, 7) is 2.79. The van der Waals surface area contributed by atoms with Gasteiger partial charge in [0.05, 0.1) is 45.1 Å². The van der Waals surface area contributed by atoms with Crippen LogP contribution in [0.5, 0.6) is 11.5 Å². The van der Waals surface area contributed by atoms with Crippen molar-refractivity contribution in [2.75, 3.05) is 47.1 Å². The number of nitrogens with zero attached hydrogens (tertiary/aromatic N) is 3. The molecule has 10 heteroatoms. The second-order valence-corrected chi connectivity index (χ2v) is 5.20. The summed E-state index contributed by atoms with van der Waals surface area (Å²) in [5, 5.41) is 14.9. The van der Waals surface area contributed by atoms with Gasteiger partial charge in [-0.1, -0.05) is 0 Å². The van der Waals surface area contributed by atoms with Crippen molar-refractivity contribution in [2.24, 2.45) is 5.10 Å². The van der Waals surface area contributed by atoms with E-state index < -0.39 is 4.92 Å². The molecular weight excluding hydrogens is 332 g/mol. The predicted molar refractivity (Wildman–Crippen MR) is 89.2 cm³/mol. The van der Waals surface area contributed by atoms with Crippen molar-refractivity contribution in [2.45, 2.75) is 0 Å². The van der Waals surface area contributed by atoms with Crippen LogP contribution in [0.4, 0.5) is 5.69 Å². The standard InChI is InChI=1S/C15H20N4O6/c1-23-13-8-14(24-2)12(19(21)22)7-11(13)9-16-17-15(20)10-18-3-5-25-6-4-18/h7-9H,3-6,10H2,1-2H3,(H,17,20)/b16-9-. The maximum atomic E-state index is 11.9. The van der Waals surface area contributed by atoms with Gasteiger partial charge in [-0.2, -0.15) is 5.10 Å². The molecule has 0 saturated carbocycles. The first-order valence-electron chi connectivity index (χ1n) is 7.57. The van der Waals surface area contributed by atoms with Crippen molar-refractivity contribution in [3.63, 3.8) is 0 Å². The van der Waals surface area contributed by atoms with Gasteiger partial charge in [-0.3, -0.25) is 19.8 Å². The Morgan fingerprint density at radius 2 is 2.04 bits per heavy atom. The van der Waals surface area contributed by atoms with Gasteiger partial charge in [-0.25, -0.2) is 5.43 Å². The minimum atomic E-state index is -0.563. The summed E-state index contributed by atoms with van der Waals surface area (Å²) < 4.78 is 15.4. The van der Waals surface area contributed by atoms with Gasteiger partial charge in [0.15, 0.2) is 0 Å². The molecule has 0 radical (unpaired) electrons. The SMILES string of the molecule is COc1cc(OC)c([N+](=O)[O-])cc1/C=N\NC(=O)CN1CCOCC1. The van der Waals surface area contributed by atoms with E-state index in [2.05, 4.69) is 10.5 Å². The van der Waals surface area contributed by atoms with Crippen LogP contribution in [0, 0.1) is 10.1 Å². The first-order valence-corrected chi connectivity index (χ1v) is 7.57. The monoisotopic (exact) mass is 352 g/mol. The highest BCUT2D eigenvalue weighted by Crippen LogP contribution is 2.33. The number of carbonyl (C=O) groups is 1. The van der Waals surface area contributed by atoms with Gasteiger partial charge in [-0.15, -0.1) is 0 Å². The molecule has 0 bridgehead atoms. The van der Waals surface area contributed by atoms with Crippen LogP contribution in [-0.2, 0) is 9.53 Å². The number of rotatable bonds is 7. The Morgan fingerprint density at radius 1 is 1.36 bits per heavy atom. The second kappa shape index (κ2) is 8.94. The van der Waals surface area contributed by atoms with E-state index >= 15 is 0 Å². The van der Waals surface area contributed by atoms with Gasteiger partial charge in [0.25, 0.3) is 5.91 Å². The number of amides is 1. The zero-order chi connectivity index (χ0) is 18.2. The molecule has 1 amide bonds. The van der Waals surface area contributed by atoms with E-state index in [9.17, 15) is 14.9 Å². The van der Waals surface area contributed by atoms with Crippen molar-refractivity contribution < 1.29 is 23.9 Å². The lowest BCUT2D eigenvalue weighted by atomic mass is 10.1. The fraction of sp³-hybridized carbons (Fsp3) is 0.467. The largest absolute Gasteiger partial charge is 0.496 e. The second-order valence-electron chi connectivity index (χ2n) is 5.20. The summed E-state index contributed by atoms with van der Waals surface area (Å²) in [5.41, 5.74) is 2.53. The Labute approximate surface area is 144 Å². The predicted octanol–water partition coefficient (Wildman–Crippen LogP) is 0.394. The van der Waals surface area contributed by atoms with Crippen LogP contribution in [0.3, 0.4) is 0 Å². The van der Waals surface area contributed by atoms with Crippen LogP contribution in [0.25, 0.3) is 0 Å². The number of nitro benzene ring substituents is 1. The molecule has 10 nitrogen and oxygen atoms in total. The number of benzene rings is 1. The molecule has 0 aromatic heterocycles. The van der Waals surface area contributed by atoms with Crippen molar-refractivity contribution >= 4 is 17.8 Å². The van der Waals surface area contributed by atoms with E-state index in [1.807, 2.05) is 4.90 Å². The Balaban J connectivity index is 2.04. The maximum absolute atomic E-state index is 11.9. The van der Waals surface area contributed by atoms with Gasteiger partial charge in [-0.05, 0) is 0 Å². The molecule has 1 aliphatic rings. The van der Waals surface area contributed by atoms with Gasteiger partial charge in [0, 0.05) is 30.8 Å². The summed E-state index contributed by atoms with van der Waals surface area (Å²) >= 11 is 0. The Bertz CT molecular complexity index is 658. The summed E-state index contributed by atoms with van der Waals surface area (Å²) in [4.78, 5) is 24.3. The number of ether oxygens (including phenoxy) is 3. The summed E-state index contributed by atoms with van der Waals surface area (Å²) in [6.07, 6.45) is 1.29. The third kappa shape index (κ3) is 5.13. The van der Waals surface area contributed by atoms with E-state index in [1.54, 1.807) is 0 Å². The molecule has 136 valence electrons. The summed E-state index contributed by atoms with van der Waals surface area (Å²) in [5.74, 6) is 0.143. The smallest absolute Gasteiger partial charge is 0.311 e. The molecule has 0 atom stereocenters. The molecule has 0 unspecified atom stereocenters. The molecule has 0 spiro atoms. The van der Waals surface area contributed by atoms with Gasteiger partial charge < -0.3 is 14.2 Å². The topological polar surface area (TPSA) is 116 Å². The highest BCUT2D eigenvalue weighted by Gasteiger charge is 2.19. The number of methoxy groups -OCH3 is 2. The zero-order valence-corrected chi connectivity index (χ0v) is 14.1. The van der Waals surface area contributed by atoms with E-state index in [0.29, 0.717) is 37.6 Å². The van der Waals surface area contributed by atoms with E-state index in [-0.39, 0.29) is 23.9 Å². The maximum Gasteiger partial charge on any atom is 0.311 e. The Morgan fingerprint density at radius 3 is 2.64 bits per heavy atom. The highest BCUT2D eigenvalue weighted by molar-refractivity contribution is 5.87. The molecule has 1 saturated heterocycles. The van der Waals surface area contributed by atoms with E-state index in [4.69, 9.17) is 14.2 Å². The van der Waals surface area contributed by atoms with Crippen molar-refractivity contribution in [1.82, 2.24) is 10.3 Å². The van der Waals surface area contributed by atoms with E-state index in [1.165, 1.54) is 32.6 Å². The number of morpholine rings is 1. The lowest BCUT2D eigenvalue weighted by Gasteiger charge is -2.25. The minimum Gasteiger partial charge on any atom is -0.496 e. The van der Waals surface area contributed by atoms with Crippen molar-refractivity contribution in [3.05, 3.63) is 27.8 Å². The molecule has 1 aromatic carbocycles. The van der Waals surface area contributed by atoms with Gasteiger partial charge >= 0.3 is 5.69 Å². The number of hydrogen-bond donors (Lipinski definition) is 1. The van der Waals surface area contributed by atoms with Crippen LogP contribution in [0.2, 0.25) is 0 Å². The summed E-state index contributed by atoms with van der Waals surface area (Å²) in [7, 11) is 2.76. The van der Waals surface area contributed by atoms with Crippen LogP contribution in [-0.4, -0.2) is 69.0 Å². The van der Waals surface area contributed by atoms with Crippen LogP contribution >= 0.6 is 0 Å². The number of nitro groups is 1. The average Bonchev–Trinajstić information content (AvgIpc) is 2.61. The fourth-order valence-corrected chi connectivity index (χ4v) is 2.32. The molecular formula is C15H20N4O6. The molecule has 0 aliphatic carbocycles. The first-order chi connectivity index (χ1) is 12.0. The zero-order valence-electron chi connectivity index (χ0n) is 14.1. The van der Waals surface area contributed by atoms with Gasteiger partial charge in [0.1, 0.15) is 5.75 Å². The lowest BCUT2D eigenvalue weighted by molar-refractivity contribution is -0.385. The average molecular weight is 352 g/mol. The number of nitrogens with one attached hydrogen (secondary N) is 1. The molecule has 1 aromatic rings. The molecule has 1 N–H and O–H groups in total. The summed E-state index contributed by atoms with van der Waals surface area (Å²) in [6, 6.07) is 2.67. The number of carbonyl (C=O) groups excluding carboxylic acids is 1. The van der Waals surface area contributed by atoms with Gasteiger partial charge in [0.2, 0.25) is 5.75 Å². The fourth-order valence-electron chi connectivity index (χ4n) is 2.32. The van der Waals surface area contributed by atoms with E-state index in [0.717, 1.165) is 0 Å². The highest BCUT2D eigenvalue weighted by atomic mass is 16.6. The third-order valence-electron chi connectivity index (χ3n) is 3.59. The minimum absolute atomic E-state index is 0.0790. The molecule has 1 heterocycles. The van der Waals surface area contributed by atoms with Crippen molar-refractivity contribution in [3.8, 4) is 11.5 Å². The molecule has 2 rings (SSSR count). The Hall–Kier alpha value is -2.72. The number of hydrogen-bond acceptors (Lipinski definition) is 8. The molecule has 25 heavy (non-hydrogen) atoms. The molecule has 1 fully saturated rings. The lowest BCUT2D eigenvalue weighted by Crippen LogP contribution is -2.42.